The second kappa shape index (κ2) is 11.0. The molecule has 0 radical (unpaired) electrons. The number of oxazole rings is 1. The Bertz CT molecular complexity index is 951. The third-order valence-corrected chi connectivity index (χ3v) is 4.43. The highest BCUT2D eigenvalue weighted by Gasteiger charge is 2.07. The quantitative estimate of drug-likeness (QED) is 0.320. The summed E-state index contributed by atoms with van der Waals surface area (Å²) in [5, 5.41) is 6.55. The molecular weight excluding hydrogens is 380 g/mol. The molecule has 1 aromatic heterocycles. The summed E-state index contributed by atoms with van der Waals surface area (Å²) in [7, 11) is 3.39. The van der Waals surface area contributed by atoms with E-state index in [1.165, 1.54) is 5.56 Å². The number of benzene rings is 2. The Labute approximate surface area is 177 Å². The largest absolute Gasteiger partial charge is 0.491 e. The molecule has 7 heteroatoms. The van der Waals surface area contributed by atoms with E-state index in [0.29, 0.717) is 38.2 Å². The van der Waals surface area contributed by atoms with Crippen LogP contribution in [-0.2, 0) is 17.8 Å². The molecular formula is C23H28N4O3. The van der Waals surface area contributed by atoms with Gasteiger partial charge in [0.15, 0.2) is 5.96 Å². The van der Waals surface area contributed by atoms with E-state index < -0.39 is 0 Å². The fraction of sp³-hybridized carbons (Fsp3) is 0.304. The van der Waals surface area contributed by atoms with E-state index in [4.69, 9.17) is 13.9 Å². The minimum absolute atomic E-state index is 0.509. The lowest BCUT2D eigenvalue weighted by molar-refractivity contribution is 0.146. The highest BCUT2D eigenvalue weighted by Crippen LogP contribution is 2.19. The van der Waals surface area contributed by atoms with Gasteiger partial charge in [-0.2, -0.15) is 0 Å². The fourth-order valence-electron chi connectivity index (χ4n) is 2.79. The van der Waals surface area contributed by atoms with Gasteiger partial charge >= 0.3 is 0 Å². The van der Waals surface area contributed by atoms with Gasteiger partial charge in [0, 0.05) is 26.3 Å². The van der Waals surface area contributed by atoms with Crippen molar-refractivity contribution in [2.24, 2.45) is 4.99 Å². The second-order valence-corrected chi connectivity index (χ2v) is 6.78. The number of aliphatic imine (C=N–C) groups is 1. The lowest BCUT2D eigenvalue weighted by atomic mass is 10.1. The van der Waals surface area contributed by atoms with Crippen molar-refractivity contribution in [2.45, 2.75) is 20.0 Å². The van der Waals surface area contributed by atoms with Crippen molar-refractivity contribution >= 4 is 5.96 Å². The van der Waals surface area contributed by atoms with Gasteiger partial charge in [-0.15, -0.1) is 0 Å². The summed E-state index contributed by atoms with van der Waals surface area (Å²) >= 11 is 0. The van der Waals surface area contributed by atoms with Crippen LogP contribution in [0.1, 0.15) is 16.8 Å². The first-order chi connectivity index (χ1) is 14.7. The Morgan fingerprint density at radius 2 is 1.87 bits per heavy atom. The van der Waals surface area contributed by atoms with Crippen molar-refractivity contribution in [3.8, 4) is 17.2 Å². The van der Waals surface area contributed by atoms with E-state index in [-0.39, 0.29) is 0 Å². The molecule has 0 fully saturated rings. The van der Waals surface area contributed by atoms with Crippen molar-refractivity contribution in [2.75, 3.05) is 27.4 Å². The Morgan fingerprint density at radius 3 is 2.63 bits per heavy atom. The van der Waals surface area contributed by atoms with E-state index in [2.05, 4.69) is 27.5 Å². The molecule has 0 saturated heterocycles. The second-order valence-electron chi connectivity index (χ2n) is 6.78. The van der Waals surface area contributed by atoms with E-state index in [0.717, 1.165) is 22.6 Å². The standard InChI is InChI=1S/C23H28N4O3/c1-17-7-9-19(10-8-17)22-27-20(16-30-22)15-26-23(24-2)25-14-18-5-4-6-21(13-18)29-12-11-28-3/h4-10,13,16H,11-12,14-15H2,1-3H3,(H2,24,25,26). The number of methoxy groups -OCH3 is 1. The molecule has 0 bridgehead atoms. The summed E-state index contributed by atoms with van der Waals surface area (Å²) in [4.78, 5) is 8.81. The van der Waals surface area contributed by atoms with Crippen LogP contribution in [0.15, 0.2) is 64.2 Å². The molecule has 0 amide bonds. The van der Waals surface area contributed by atoms with Gasteiger partial charge in [0.05, 0.1) is 18.8 Å². The zero-order valence-corrected chi connectivity index (χ0v) is 17.6. The molecule has 0 unspecified atom stereocenters. The number of guanidine groups is 1. The van der Waals surface area contributed by atoms with Crippen LogP contribution in [0.3, 0.4) is 0 Å². The molecule has 1 heterocycles. The first-order valence-electron chi connectivity index (χ1n) is 9.84. The molecule has 3 aromatic rings. The first-order valence-corrected chi connectivity index (χ1v) is 9.84. The molecule has 30 heavy (non-hydrogen) atoms. The summed E-state index contributed by atoms with van der Waals surface area (Å²) in [6, 6.07) is 16.0. The number of hydrogen-bond donors (Lipinski definition) is 2. The van der Waals surface area contributed by atoms with Crippen molar-refractivity contribution in [1.82, 2.24) is 15.6 Å². The number of nitrogens with zero attached hydrogens (tertiary/aromatic N) is 2. The van der Waals surface area contributed by atoms with Gasteiger partial charge in [-0.05, 0) is 36.8 Å². The van der Waals surface area contributed by atoms with Crippen LogP contribution in [0.2, 0.25) is 0 Å². The number of aromatic nitrogens is 1. The predicted octanol–water partition coefficient (Wildman–Crippen LogP) is 3.54. The minimum atomic E-state index is 0.509. The van der Waals surface area contributed by atoms with Crippen molar-refractivity contribution in [1.29, 1.82) is 0 Å². The van der Waals surface area contributed by atoms with Gasteiger partial charge in [0.25, 0.3) is 0 Å². The maximum Gasteiger partial charge on any atom is 0.226 e. The average Bonchev–Trinajstić information content (AvgIpc) is 3.24. The maximum absolute atomic E-state index is 5.65. The third kappa shape index (κ3) is 6.35. The fourth-order valence-corrected chi connectivity index (χ4v) is 2.79. The molecule has 0 aliphatic carbocycles. The number of rotatable bonds is 9. The SMILES string of the molecule is CN=C(NCc1cccc(OCCOC)c1)NCc1coc(-c2ccc(C)cc2)n1. The summed E-state index contributed by atoms with van der Waals surface area (Å²) in [5.41, 5.74) is 4.06. The van der Waals surface area contributed by atoms with Crippen molar-refractivity contribution in [3.63, 3.8) is 0 Å². The molecule has 0 aliphatic rings. The van der Waals surface area contributed by atoms with Gasteiger partial charge < -0.3 is 24.5 Å². The molecule has 158 valence electrons. The van der Waals surface area contributed by atoms with Gasteiger partial charge in [0.2, 0.25) is 5.89 Å². The maximum atomic E-state index is 5.65. The zero-order chi connectivity index (χ0) is 21.2. The monoisotopic (exact) mass is 408 g/mol. The van der Waals surface area contributed by atoms with Crippen LogP contribution in [0.4, 0.5) is 0 Å². The zero-order valence-electron chi connectivity index (χ0n) is 17.6. The number of ether oxygens (including phenoxy) is 2. The molecule has 2 N–H and O–H groups in total. The van der Waals surface area contributed by atoms with Crippen LogP contribution in [0.25, 0.3) is 11.5 Å². The number of aryl methyl sites for hydroxylation is 1. The van der Waals surface area contributed by atoms with Gasteiger partial charge in [-0.1, -0.05) is 29.8 Å². The third-order valence-electron chi connectivity index (χ3n) is 4.43. The molecule has 0 saturated carbocycles. The van der Waals surface area contributed by atoms with Crippen LogP contribution in [0.5, 0.6) is 5.75 Å². The average molecular weight is 409 g/mol. The highest BCUT2D eigenvalue weighted by atomic mass is 16.5. The van der Waals surface area contributed by atoms with Crippen molar-refractivity contribution in [3.05, 3.63) is 71.6 Å². The summed E-state index contributed by atoms with van der Waals surface area (Å²) < 4.78 is 16.3. The van der Waals surface area contributed by atoms with E-state index in [9.17, 15) is 0 Å². The van der Waals surface area contributed by atoms with E-state index in [1.54, 1.807) is 20.4 Å². The Kier molecular flexibility index (Phi) is 7.86. The van der Waals surface area contributed by atoms with Gasteiger partial charge in [0.1, 0.15) is 18.6 Å². The normalized spacial score (nSPS) is 11.4. The van der Waals surface area contributed by atoms with Gasteiger partial charge in [-0.25, -0.2) is 4.98 Å². The molecule has 0 atom stereocenters. The smallest absolute Gasteiger partial charge is 0.226 e. The van der Waals surface area contributed by atoms with Crippen LogP contribution >= 0.6 is 0 Å². The summed E-state index contributed by atoms with van der Waals surface area (Å²) in [5.74, 6) is 2.11. The topological polar surface area (TPSA) is 80.9 Å². The first kappa shape index (κ1) is 21.4. The number of nitrogens with one attached hydrogen (secondary N) is 2. The number of hydrogen-bond acceptors (Lipinski definition) is 5. The summed E-state index contributed by atoms with van der Waals surface area (Å²) in [6.07, 6.45) is 1.66. The molecule has 0 aliphatic heterocycles. The van der Waals surface area contributed by atoms with Gasteiger partial charge in [-0.3, -0.25) is 4.99 Å². The lowest BCUT2D eigenvalue weighted by Crippen LogP contribution is -2.36. The minimum Gasteiger partial charge on any atom is -0.491 e. The Hall–Kier alpha value is -3.32. The highest BCUT2D eigenvalue weighted by molar-refractivity contribution is 5.79. The van der Waals surface area contributed by atoms with Crippen molar-refractivity contribution < 1.29 is 13.9 Å². The van der Waals surface area contributed by atoms with Crippen LogP contribution in [-0.4, -0.2) is 38.3 Å². The lowest BCUT2D eigenvalue weighted by Gasteiger charge is -2.12. The van der Waals surface area contributed by atoms with Crippen LogP contribution < -0.4 is 15.4 Å². The predicted molar refractivity (Wildman–Crippen MR) is 118 cm³/mol. The molecule has 2 aromatic carbocycles. The molecule has 3 rings (SSSR count). The Morgan fingerprint density at radius 1 is 1.07 bits per heavy atom. The summed E-state index contributed by atoms with van der Waals surface area (Å²) in [6.45, 7) is 4.27. The molecule has 0 spiro atoms. The van der Waals surface area contributed by atoms with E-state index in [1.807, 2.05) is 48.5 Å². The molecule has 7 nitrogen and oxygen atoms in total. The Balaban J connectivity index is 1.49. The van der Waals surface area contributed by atoms with E-state index >= 15 is 0 Å². The van der Waals surface area contributed by atoms with Crippen LogP contribution in [0, 0.1) is 6.92 Å².